The zero-order valence-corrected chi connectivity index (χ0v) is 16.6. The molecule has 0 spiro atoms. The van der Waals surface area contributed by atoms with Crippen LogP contribution in [0.25, 0.3) is 11.8 Å². The fraction of sp³-hybridized carbons (Fsp3) is 0.250. The average Bonchev–Trinajstić information content (AvgIpc) is 3.16. The summed E-state index contributed by atoms with van der Waals surface area (Å²) in [6, 6.07) is 9.53. The minimum Gasteiger partial charge on any atom is -0.497 e. The van der Waals surface area contributed by atoms with Crippen LogP contribution >= 0.6 is 11.8 Å². The number of aromatic nitrogens is 1. The highest BCUT2D eigenvalue weighted by atomic mass is 32.2. The molecule has 1 aliphatic heterocycles. The SMILES string of the molecule is CCOC(=O)CN1C(=O)S/C(=C\c2cc(C)n(-c3ccc(OC)cc3)c2)C1=O. The molecule has 0 atom stereocenters. The van der Waals surface area contributed by atoms with Crippen LogP contribution in [0.15, 0.2) is 41.4 Å². The molecule has 1 aromatic heterocycles. The summed E-state index contributed by atoms with van der Waals surface area (Å²) in [5.41, 5.74) is 2.71. The van der Waals surface area contributed by atoms with Crippen molar-refractivity contribution >= 4 is 35.0 Å². The summed E-state index contributed by atoms with van der Waals surface area (Å²) in [5, 5.41) is -0.476. The van der Waals surface area contributed by atoms with Crippen molar-refractivity contribution in [3.05, 3.63) is 52.7 Å². The van der Waals surface area contributed by atoms with Crippen LogP contribution in [0.4, 0.5) is 4.79 Å². The topological polar surface area (TPSA) is 77.8 Å². The third-order valence-corrected chi connectivity index (χ3v) is 5.06. The predicted octanol–water partition coefficient (Wildman–Crippen LogP) is 3.39. The number of methoxy groups -OCH3 is 1. The Morgan fingerprint density at radius 2 is 1.93 bits per heavy atom. The van der Waals surface area contributed by atoms with Gasteiger partial charge in [0.2, 0.25) is 0 Å². The van der Waals surface area contributed by atoms with Gasteiger partial charge in [-0.2, -0.15) is 0 Å². The van der Waals surface area contributed by atoms with Crippen LogP contribution in [0.2, 0.25) is 0 Å². The van der Waals surface area contributed by atoms with Crippen molar-refractivity contribution in [2.45, 2.75) is 13.8 Å². The van der Waals surface area contributed by atoms with E-state index in [0.29, 0.717) is 0 Å². The van der Waals surface area contributed by atoms with Crippen LogP contribution in [0, 0.1) is 6.92 Å². The van der Waals surface area contributed by atoms with E-state index in [0.717, 1.165) is 39.4 Å². The van der Waals surface area contributed by atoms with Gasteiger partial charge >= 0.3 is 5.97 Å². The van der Waals surface area contributed by atoms with Crippen LogP contribution < -0.4 is 4.74 Å². The van der Waals surface area contributed by atoms with Crippen LogP contribution in [-0.4, -0.2) is 46.8 Å². The van der Waals surface area contributed by atoms with E-state index in [1.807, 2.05) is 48.0 Å². The van der Waals surface area contributed by atoms with E-state index in [1.54, 1.807) is 20.1 Å². The molecule has 28 heavy (non-hydrogen) atoms. The zero-order chi connectivity index (χ0) is 20.3. The molecule has 7 nitrogen and oxygen atoms in total. The van der Waals surface area contributed by atoms with Crippen LogP contribution in [-0.2, 0) is 14.3 Å². The number of carbonyl (C=O) groups excluding carboxylic acids is 3. The van der Waals surface area contributed by atoms with Gasteiger partial charge < -0.3 is 14.0 Å². The number of carbonyl (C=O) groups is 3. The molecule has 0 radical (unpaired) electrons. The van der Waals surface area contributed by atoms with Gasteiger partial charge in [0.1, 0.15) is 12.3 Å². The first kappa shape index (κ1) is 19.8. The Balaban J connectivity index is 1.81. The highest BCUT2D eigenvalue weighted by Crippen LogP contribution is 2.32. The van der Waals surface area contributed by atoms with E-state index in [9.17, 15) is 14.4 Å². The van der Waals surface area contributed by atoms with Crippen molar-refractivity contribution in [3.8, 4) is 11.4 Å². The number of nitrogens with zero attached hydrogens (tertiary/aromatic N) is 2. The largest absolute Gasteiger partial charge is 0.497 e. The quantitative estimate of drug-likeness (QED) is 0.546. The zero-order valence-electron chi connectivity index (χ0n) is 15.8. The second kappa shape index (κ2) is 8.35. The summed E-state index contributed by atoms with van der Waals surface area (Å²) in [7, 11) is 1.61. The van der Waals surface area contributed by atoms with Crippen molar-refractivity contribution in [2.24, 2.45) is 0 Å². The smallest absolute Gasteiger partial charge is 0.326 e. The number of hydrogen-bond donors (Lipinski definition) is 0. The molecule has 2 heterocycles. The van der Waals surface area contributed by atoms with Crippen molar-refractivity contribution in [1.82, 2.24) is 9.47 Å². The van der Waals surface area contributed by atoms with Gasteiger partial charge in [-0.25, -0.2) is 0 Å². The number of imide groups is 1. The summed E-state index contributed by atoms with van der Waals surface area (Å²) >= 11 is 0.818. The first-order valence-electron chi connectivity index (χ1n) is 8.67. The second-order valence-electron chi connectivity index (χ2n) is 6.06. The lowest BCUT2D eigenvalue weighted by atomic mass is 10.3. The lowest BCUT2D eigenvalue weighted by Crippen LogP contribution is -2.34. The fourth-order valence-corrected chi connectivity index (χ4v) is 3.66. The highest BCUT2D eigenvalue weighted by Gasteiger charge is 2.36. The monoisotopic (exact) mass is 400 g/mol. The fourth-order valence-electron chi connectivity index (χ4n) is 2.82. The molecule has 0 N–H and O–H groups in total. The van der Waals surface area contributed by atoms with Crippen molar-refractivity contribution in [3.63, 3.8) is 0 Å². The summed E-state index contributed by atoms with van der Waals surface area (Å²) in [6.07, 6.45) is 3.54. The number of aryl methyl sites for hydroxylation is 1. The standard InChI is InChI=1S/C20H20N2O5S/c1-4-27-18(23)12-22-19(24)17(28-20(22)25)10-14-9-13(2)21(11-14)15-5-7-16(26-3)8-6-15/h5-11H,4,12H2,1-3H3/b17-10-. The van der Waals surface area contributed by atoms with E-state index >= 15 is 0 Å². The summed E-state index contributed by atoms with van der Waals surface area (Å²) in [6.45, 7) is 3.44. The van der Waals surface area contributed by atoms with Crippen molar-refractivity contribution < 1.29 is 23.9 Å². The lowest BCUT2D eigenvalue weighted by Gasteiger charge is -2.10. The number of ether oxygens (including phenoxy) is 2. The van der Waals surface area contributed by atoms with E-state index in [2.05, 4.69) is 0 Å². The van der Waals surface area contributed by atoms with E-state index in [1.165, 1.54) is 0 Å². The molecule has 2 amide bonds. The third-order valence-electron chi connectivity index (χ3n) is 4.15. The van der Waals surface area contributed by atoms with Gasteiger partial charge in [0.05, 0.1) is 18.6 Å². The number of thioether (sulfide) groups is 1. The normalized spacial score (nSPS) is 15.4. The van der Waals surface area contributed by atoms with E-state index in [4.69, 9.17) is 9.47 Å². The van der Waals surface area contributed by atoms with E-state index < -0.39 is 17.1 Å². The molecule has 2 aromatic rings. The molecule has 1 fully saturated rings. The third kappa shape index (κ3) is 4.12. The number of amides is 2. The van der Waals surface area contributed by atoms with Gasteiger partial charge in [-0.05, 0) is 67.6 Å². The van der Waals surface area contributed by atoms with Gasteiger partial charge in [0.25, 0.3) is 11.1 Å². The molecule has 146 valence electrons. The summed E-state index contributed by atoms with van der Waals surface area (Å²) in [4.78, 5) is 37.3. The Morgan fingerprint density at radius 3 is 2.57 bits per heavy atom. The number of esters is 1. The first-order chi connectivity index (χ1) is 13.4. The molecule has 0 unspecified atom stereocenters. The maximum Gasteiger partial charge on any atom is 0.326 e. The minimum absolute atomic E-state index is 0.197. The molecular weight excluding hydrogens is 380 g/mol. The Morgan fingerprint density at radius 1 is 1.21 bits per heavy atom. The highest BCUT2D eigenvalue weighted by molar-refractivity contribution is 8.18. The Kier molecular flexibility index (Phi) is 5.89. The van der Waals surface area contributed by atoms with Gasteiger partial charge in [0, 0.05) is 17.6 Å². The van der Waals surface area contributed by atoms with Crippen LogP contribution in [0.5, 0.6) is 5.75 Å². The van der Waals surface area contributed by atoms with Crippen LogP contribution in [0.1, 0.15) is 18.2 Å². The average molecular weight is 400 g/mol. The van der Waals surface area contributed by atoms with Crippen molar-refractivity contribution in [2.75, 3.05) is 20.3 Å². The number of benzene rings is 1. The van der Waals surface area contributed by atoms with E-state index in [-0.39, 0.29) is 18.1 Å². The molecule has 3 rings (SSSR count). The molecule has 0 saturated carbocycles. The first-order valence-corrected chi connectivity index (χ1v) is 9.49. The Bertz CT molecular complexity index is 946. The Labute approximate surface area is 166 Å². The van der Waals surface area contributed by atoms with Gasteiger partial charge in [-0.15, -0.1) is 0 Å². The lowest BCUT2D eigenvalue weighted by molar-refractivity contribution is -0.145. The van der Waals surface area contributed by atoms with Crippen LogP contribution in [0.3, 0.4) is 0 Å². The van der Waals surface area contributed by atoms with Gasteiger partial charge in [-0.3, -0.25) is 19.3 Å². The maximum absolute atomic E-state index is 12.5. The minimum atomic E-state index is -0.604. The molecule has 1 aromatic carbocycles. The predicted molar refractivity (Wildman–Crippen MR) is 106 cm³/mol. The van der Waals surface area contributed by atoms with Crippen molar-refractivity contribution in [1.29, 1.82) is 0 Å². The molecule has 0 aliphatic carbocycles. The molecule has 0 bridgehead atoms. The van der Waals surface area contributed by atoms with Gasteiger partial charge in [0.15, 0.2) is 0 Å². The molecule has 8 heteroatoms. The molecule has 1 saturated heterocycles. The molecular formula is C20H20N2O5S. The number of hydrogen-bond acceptors (Lipinski definition) is 6. The molecule has 1 aliphatic rings. The maximum atomic E-state index is 12.5. The Hall–Kier alpha value is -3.00. The van der Waals surface area contributed by atoms with Gasteiger partial charge in [-0.1, -0.05) is 0 Å². The summed E-state index contributed by atoms with van der Waals surface area (Å²) in [5.74, 6) is -0.325. The second-order valence-corrected chi connectivity index (χ2v) is 7.05. The summed E-state index contributed by atoms with van der Waals surface area (Å²) < 4.78 is 12.0. The number of rotatable bonds is 6.